The minimum atomic E-state index is -3.57. The summed E-state index contributed by atoms with van der Waals surface area (Å²) in [4.78, 5) is 0. The summed E-state index contributed by atoms with van der Waals surface area (Å²) in [5, 5.41) is 25.3. The third kappa shape index (κ3) is 8.41. The fourth-order valence-corrected chi connectivity index (χ4v) is 4.86. The highest BCUT2D eigenvalue weighted by Crippen LogP contribution is 2.33. The van der Waals surface area contributed by atoms with Crippen LogP contribution in [0.25, 0.3) is 0 Å². The van der Waals surface area contributed by atoms with Gasteiger partial charge in [0.1, 0.15) is 5.75 Å². The first-order valence-corrected chi connectivity index (χ1v) is 14.0. The van der Waals surface area contributed by atoms with Crippen molar-refractivity contribution < 1.29 is 28.1 Å². The van der Waals surface area contributed by atoms with Crippen LogP contribution in [0.15, 0.2) is 54.6 Å². The zero-order valence-electron chi connectivity index (χ0n) is 20.7. The van der Waals surface area contributed by atoms with Crippen molar-refractivity contribution in [2.45, 2.75) is 25.0 Å². The average molecular weight is 570 g/mol. The van der Waals surface area contributed by atoms with Crippen molar-refractivity contribution in [1.82, 2.24) is 5.32 Å². The van der Waals surface area contributed by atoms with Gasteiger partial charge in [0.15, 0.2) is 11.5 Å². The molecule has 3 aromatic rings. The summed E-state index contributed by atoms with van der Waals surface area (Å²) in [6.45, 7) is 0.215. The molecular weight excluding hydrogens is 539 g/mol. The second kappa shape index (κ2) is 12.7. The molecule has 37 heavy (non-hydrogen) atoms. The number of nitrogens with one attached hydrogen (secondary N) is 2. The average Bonchev–Trinajstić information content (AvgIpc) is 2.84. The van der Waals surface area contributed by atoms with Crippen molar-refractivity contribution in [1.29, 1.82) is 0 Å². The van der Waals surface area contributed by atoms with Gasteiger partial charge in [-0.05, 0) is 72.0 Å². The van der Waals surface area contributed by atoms with Crippen LogP contribution in [0.5, 0.6) is 17.2 Å². The van der Waals surface area contributed by atoms with Crippen LogP contribution >= 0.6 is 23.2 Å². The Kier molecular flexibility index (Phi) is 9.92. The smallest absolute Gasteiger partial charge is 0.229 e. The van der Waals surface area contributed by atoms with Crippen molar-refractivity contribution in [3.05, 3.63) is 81.3 Å². The van der Waals surface area contributed by atoms with Gasteiger partial charge in [-0.1, -0.05) is 35.3 Å². The molecular formula is C26H30Cl2N2O6S. The van der Waals surface area contributed by atoms with E-state index < -0.39 is 16.1 Å². The van der Waals surface area contributed by atoms with E-state index in [0.29, 0.717) is 33.5 Å². The topological polar surface area (TPSA) is 117 Å². The molecule has 0 unspecified atom stereocenters. The summed E-state index contributed by atoms with van der Waals surface area (Å²) in [5.41, 5.74) is 2.44. The monoisotopic (exact) mass is 568 g/mol. The molecule has 11 heteroatoms. The van der Waals surface area contributed by atoms with Gasteiger partial charge in [-0.3, -0.25) is 4.72 Å². The van der Waals surface area contributed by atoms with Crippen molar-refractivity contribution >= 4 is 38.9 Å². The molecule has 4 N–H and O–H groups in total. The fraction of sp³-hybridized carbons (Fsp3) is 0.308. The molecule has 0 radical (unpaired) electrons. The van der Waals surface area contributed by atoms with E-state index in [9.17, 15) is 18.6 Å². The number of hydrogen-bond donors (Lipinski definition) is 4. The standard InChI is InChI=1S/C26H30Cl2N2O6S/c1-35-25-9-5-17(14-26(25)36-2)22(13-18-12-19(27)6-7-21(18)28)29-15-20(31)10-16-4-8-24(32)23(11-16)30-37(3,33)34/h4-9,11-12,14,20,22,29-32H,10,13,15H2,1-3H3/t20-,22+/m0/s1. The molecule has 0 saturated heterocycles. The maximum atomic E-state index is 11.6. The van der Waals surface area contributed by atoms with E-state index in [0.717, 1.165) is 17.4 Å². The zero-order chi connectivity index (χ0) is 27.2. The molecule has 0 aromatic heterocycles. The third-order valence-corrected chi connectivity index (χ3v) is 6.86. The Labute approximate surface area is 227 Å². The second-order valence-corrected chi connectivity index (χ2v) is 11.2. The molecule has 3 aromatic carbocycles. The number of phenols is 1. The molecule has 8 nitrogen and oxygen atoms in total. The van der Waals surface area contributed by atoms with Crippen LogP contribution in [-0.4, -0.2) is 51.8 Å². The highest BCUT2D eigenvalue weighted by Gasteiger charge is 2.19. The van der Waals surface area contributed by atoms with Crippen molar-refractivity contribution in [3.8, 4) is 17.2 Å². The number of aromatic hydroxyl groups is 1. The molecule has 0 aliphatic carbocycles. The number of ether oxygens (including phenoxy) is 2. The van der Waals surface area contributed by atoms with E-state index in [2.05, 4.69) is 10.0 Å². The summed E-state index contributed by atoms with van der Waals surface area (Å²) in [6, 6.07) is 15.1. The highest BCUT2D eigenvalue weighted by molar-refractivity contribution is 7.92. The van der Waals surface area contributed by atoms with Gasteiger partial charge in [0, 0.05) is 22.6 Å². The quantitative estimate of drug-likeness (QED) is 0.236. The van der Waals surface area contributed by atoms with Gasteiger partial charge in [0.05, 0.1) is 32.3 Å². The van der Waals surface area contributed by atoms with Crippen LogP contribution < -0.4 is 19.5 Å². The van der Waals surface area contributed by atoms with Gasteiger partial charge >= 0.3 is 0 Å². The molecule has 0 aliphatic rings. The Morgan fingerprint density at radius 3 is 2.35 bits per heavy atom. The van der Waals surface area contributed by atoms with Crippen molar-refractivity contribution in [3.63, 3.8) is 0 Å². The molecule has 2 atom stereocenters. The summed E-state index contributed by atoms with van der Waals surface area (Å²) < 4.78 is 36.2. The zero-order valence-corrected chi connectivity index (χ0v) is 23.0. The first kappa shape index (κ1) is 28.9. The predicted octanol–water partition coefficient (Wildman–Crippen LogP) is 4.56. The second-order valence-electron chi connectivity index (χ2n) is 8.60. The highest BCUT2D eigenvalue weighted by atomic mass is 35.5. The van der Waals surface area contributed by atoms with Crippen LogP contribution in [0.1, 0.15) is 22.7 Å². The Morgan fingerprint density at radius 2 is 1.68 bits per heavy atom. The predicted molar refractivity (Wildman–Crippen MR) is 147 cm³/mol. The largest absolute Gasteiger partial charge is 0.506 e. The molecule has 3 rings (SSSR count). The Bertz CT molecular complexity index is 1340. The van der Waals surface area contributed by atoms with E-state index in [1.54, 1.807) is 32.4 Å². The third-order valence-electron chi connectivity index (χ3n) is 5.67. The number of hydrogen-bond acceptors (Lipinski definition) is 7. The van der Waals surface area contributed by atoms with Gasteiger partial charge in [-0.2, -0.15) is 0 Å². The van der Waals surface area contributed by atoms with Gasteiger partial charge in [-0.15, -0.1) is 0 Å². The molecule has 0 bridgehead atoms. The normalized spacial score (nSPS) is 13.1. The van der Waals surface area contributed by atoms with Crippen LogP contribution in [0, 0.1) is 0 Å². The lowest BCUT2D eigenvalue weighted by molar-refractivity contribution is 0.167. The fourth-order valence-electron chi connectivity index (χ4n) is 3.91. The van der Waals surface area contributed by atoms with Crippen LogP contribution in [0.3, 0.4) is 0 Å². The number of sulfonamides is 1. The number of phenolic OH excluding ortho intramolecular Hbond substituents is 1. The lowest BCUT2D eigenvalue weighted by Crippen LogP contribution is -2.32. The SMILES string of the molecule is COc1ccc([C@@H](Cc2cc(Cl)ccc2Cl)NC[C@@H](O)Cc2ccc(O)c(NS(C)(=O)=O)c2)cc1OC. The maximum absolute atomic E-state index is 11.6. The number of aliphatic hydroxyl groups is 1. The lowest BCUT2D eigenvalue weighted by atomic mass is 9.97. The molecule has 200 valence electrons. The van der Waals surface area contributed by atoms with Crippen LogP contribution in [-0.2, 0) is 22.9 Å². The summed E-state index contributed by atoms with van der Waals surface area (Å²) in [5.74, 6) is 0.963. The molecule has 0 spiro atoms. The lowest BCUT2D eigenvalue weighted by Gasteiger charge is -2.23. The van der Waals surface area contributed by atoms with Crippen molar-refractivity contribution in [2.75, 3.05) is 31.7 Å². The van der Waals surface area contributed by atoms with Gasteiger partial charge in [0.25, 0.3) is 0 Å². The number of methoxy groups -OCH3 is 2. The first-order chi connectivity index (χ1) is 17.5. The molecule has 0 fully saturated rings. The summed E-state index contributed by atoms with van der Waals surface area (Å²) in [6.07, 6.45) is 0.900. The van der Waals surface area contributed by atoms with Gasteiger partial charge in [0.2, 0.25) is 10.0 Å². The van der Waals surface area contributed by atoms with Gasteiger partial charge in [-0.25, -0.2) is 8.42 Å². The number of anilines is 1. The first-order valence-electron chi connectivity index (χ1n) is 11.4. The van der Waals surface area contributed by atoms with E-state index in [-0.39, 0.29) is 30.4 Å². The van der Waals surface area contributed by atoms with Crippen molar-refractivity contribution in [2.24, 2.45) is 0 Å². The molecule has 0 saturated carbocycles. The summed E-state index contributed by atoms with van der Waals surface area (Å²) in [7, 11) is -0.442. The van der Waals surface area contributed by atoms with E-state index in [1.807, 2.05) is 24.3 Å². The minimum absolute atomic E-state index is 0.0546. The van der Waals surface area contributed by atoms with E-state index in [4.69, 9.17) is 32.7 Å². The Hall–Kier alpha value is -2.69. The molecule has 0 heterocycles. The number of aliphatic hydroxyl groups excluding tert-OH is 1. The number of benzene rings is 3. The molecule has 0 aliphatic heterocycles. The van der Waals surface area contributed by atoms with Crippen LogP contribution in [0.4, 0.5) is 5.69 Å². The molecule has 0 amide bonds. The van der Waals surface area contributed by atoms with Crippen LogP contribution in [0.2, 0.25) is 10.0 Å². The Morgan fingerprint density at radius 1 is 0.946 bits per heavy atom. The van der Waals surface area contributed by atoms with E-state index >= 15 is 0 Å². The van der Waals surface area contributed by atoms with E-state index in [1.165, 1.54) is 12.1 Å². The maximum Gasteiger partial charge on any atom is 0.229 e. The minimum Gasteiger partial charge on any atom is -0.506 e. The summed E-state index contributed by atoms with van der Waals surface area (Å²) >= 11 is 12.6. The van der Waals surface area contributed by atoms with Gasteiger partial charge < -0.3 is 25.0 Å². The number of rotatable bonds is 12. The Balaban J connectivity index is 1.80. The number of halogens is 2.